The summed E-state index contributed by atoms with van der Waals surface area (Å²) in [5.74, 6) is 0.810. The summed E-state index contributed by atoms with van der Waals surface area (Å²) >= 11 is 1.63. The lowest BCUT2D eigenvalue weighted by Gasteiger charge is -2.14. The smallest absolute Gasteiger partial charge is 0.193 e. The normalized spacial score (nSPS) is 12.6. The number of aliphatic imine (C=N–C) groups is 1. The van der Waals surface area contributed by atoms with Gasteiger partial charge in [-0.2, -0.15) is 0 Å². The van der Waals surface area contributed by atoms with Crippen molar-refractivity contribution in [3.05, 3.63) is 59.4 Å². The van der Waals surface area contributed by atoms with Crippen molar-refractivity contribution in [1.29, 1.82) is 0 Å². The van der Waals surface area contributed by atoms with E-state index < -0.39 is 0 Å². The number of thiazole rings is 1. The molecule has 1 atom stereocenters. The lowest BCUT2D eigenvalue weighted by Crippen LogP contribution is -2.38. The molecule has 0 fully saturated rings. The summed E-state index contributed by atoms with van der Waals surface area (Å²) in [6, 6.07) is 10.3. The molecule has 0 aliphatic carbocycles. The van der Waals surface area contributed by atoms with Gasteiger partial charge < -0.3 is 15.4 Å². The number of rotatable bonds is 9. The van der Waals surface area contributed by atoms with Gasteiger partial charge in [-0.3, -0.25) is 4.40 Å². The molecule has 0 bridgehead atoms. The molecule has 1 aromatic carbocycles. The Kier molecular flexibility index (Phi) is 9.72. The van der Waals surface area contributed by atoms with E-state index in [1.165, 1.54) is 5.56 Å². The molecule has 8 heteroatoms. The average Bonchev–Trinajstić information content (AvgIpc) is 3.28. The van der Waals surface area contributed by atoms with Gasteiger partial charge in [-0.25, -0.2) is 9.98 Å². The third kappa shape index (κ3) is 6.75. The first-order valence-corrected chi connectivity index (χ1v) is 10.2. The van der Waals surface area contributed by atoms with Gasteiger partial charge in [0.25, 0.3) is 0 Å². The van der Waals surface area contributed by atoms with Crippen molar-refractivity contribution in [2.45, 2.75) is 32.9 Å². The Bertz CT molecular complexity index is 820. The van der Waals surface area contributed by atoms with E-state index in [0.717, 1.165) is 36.1 Å². The quantitative estimate of drug-likeness (QED) is 0.195. The van der Waals surface area contributed by atoms with E-state index in [9.17, 15) is 0 Å². The van der Waals surface area contributed by atoms with Crippen LogP contribution in [0, 0.1) is 0 Å². The minimum absolute atomic E-state index is 0. The first kappa shape index (κ1) is 22.6. The number of ether oxygens (including phenoxy) is 1. The third-order valence-corrected chi connectivity index (χ3v) is 4.91. The number of nitrogens with one attached hydrogen (secondary N) is 2. The largest absolute Gasteiger partial charge is 0.374 e. The van der Waals surface area contributed by atoms with Crippen molar-refractivity contribution >= 4 is 46.2 Å². The monoisotopic (exact) mass is 513 g/mol. The van der Waals surface area contributed by atoms with Crippen LogP contribution in [0.25, 0.3) is 4.96 Å². The molecule has 28 heavy (non-hydrogen) atoms. The second-order valence-electron chi connectivity index (χ2n) is 6.22. The molecule has 0 radical (unpaired) electrons. The molecule has 1 unspecified atom stereocenters. The Morgan fingerprint density at radius 1 is 1.29 bits per heavy atom. The van der Waals surface area contributed by atoms with E-state index in [1.54, 1.807) is 11.3 Å². The van der Waals surface area contributed by atoms with Crippen LogP contribution >= 0.6 is 35.3 Å². The van der Waals surface area contributed by atoms with E-state index in [-0.39, 0.29) is 30.1 Å². The molecule has 0 spiro atoms. The highest BCUT2D eigenvalue weighted by atomic mass is 127. The summed E-state index contributed by atoms with van der Waals surface area (Å²) in [6.07, 6.45) is 5.07. The van der Waals surface area contributed by atoms with Gasteiger partial charge in [0.05, 0.1) is 18.3 Å². The number of nitrogens with zero attached hydrogens (tertiary/aromatic N) is 3. The van der Waals surface area contributed by atoms with Crippen LogP contribution in [0.3, 0.4) is 0 Å². The van der Waals surface area contributed by atoms with Gasteiger partial charge in [-0.05, 0) is 25.8 Å². The molecule has 0 amide bonds. The van der Waals surface area contributed by atoms with Gasteiger partial charge in [0, 0.05) is 37.5 Å². The van der Waals surface area contributed by atoms with Gasteiger partial charge >= 0.3 is 0 Å². The summed E-state index contributed by atoms with van der Waals surface area (Å²) in [5.41, 5.74) is 2.18. The highest BCUT2D eigenvalue weighted by molar-refractivity contribution is 14.0. The Hall–Kier alpha value is -1.65. The minimum Gasteiger partial charge on any atom is -0.374 e. The molecule has 152 valence electrons. The zero-order chi connectivity index (χ0) is 18.9. The molecule has 2 N–H and O–H groups in total. The van der Waals surface area contributed by atoms with Crippen LogP contribution in [-0.2, 0) is 11.3 Å². The predicted octanol–water partition coefficient (Wildman–Crippen LogP) is 4.24. The van der Waals surface area contributed by atoms with Crippen LogP contribution < -0.4 is 10.6 Å². The van der Waals surface area contributed by atoms with Gasteiger partial charge in [0.2, 0.25) is 0 Å². The molecule has 0 aliphatic heterocycles. The highest BCUT2D eigenvalue weighted by Crippen LogP contribution is 2.15. The van der Waals surface area contributed by atoms with Crippen molar-refractivity contribution in [2.24, 2.45) is 4.99 Å². The van der Waals surface area contributed by atoms with Crippen LogP contribution in [0.15, 0.2) is 53.1 Å². The molecule has 0 saturated heterocycles. The number of aromatic nitrogens is 2. The fraction of sp³-hybridized carbons (Fsp3) is 0.400. The Morgan fingerprint density at radius 3 is 2.86 bits per heavy atom. The minimum atomic E-state index is 0. The maximum Gasteiger partial charge on any atom is 0.193 e. The lowest BCUT2D eigenvalue weighted by molar-refractivity contribution is 0.0646. The summed E-state index contributed by atoms with van der Waals surface area (Å²) in [5, 5.41) is 8.66. The van der Waals surface area contributed by atoms with Crippen molar-refractivity contribution in [3.8, 4) is 0 Å². The molecule has 2 heterocycles. The second-order valence-corrected chi connectivity index (χ2v) is 7.10. The molecular weight excluding hydrogens is 485 g/mol. The van der Waals surface area contributed by atoms with Crippen molar-refractivity contribution < 1.29 is 4.74 Å². The van der Waals surface area contributed by atoms with Gasteiger partial charge in [0.15, 0.2) is 10.9 Å². The van der Waals surface area contributed by atoms with E-state index in [0.29, 0.717) is 13.2 Å². The zero-order valence-electron chi connectivity index (χ0n) is 16.3. The van der Waals surface area contributed by atoms with E-state index in [1.807, 2.05) is 40.4 Å². The van der Waals surface area contributed by atoms with Crippen LogP contribution in [0.4, 0.5) is 0 Å². The third-order valence-electron chi connectivity index (χ3n) is 4.14. The topological polar surface area (TPSA) is 63.0 Å². The number of halogens is 1. The van der Waals surface area contributed by atoms with Crippen LogP contribution in [-0.4, -0.2) is 35.0 Å². The molecule has 0 saturated carbocycles. The molecule has 2 aromatic heterocycles. The fourth-order valence-electron chi connectivity index (χ4n) is 2.71. The molecular formula is C20H28IN5OS. The summed E-state index contributed by atoms with van der Waals surface area (Å²) < 4.78 is 7.94. The van der Waals surface area contributed by atoms with Crippen LogP contribution in [0.1, 0.15) is 37.6 Å². The Balaban J connectivity index is 0.00000280. The molecule has 0 aliphatic rings. The number of fused-ring (bicyclic) bond motifs is 1. The summed E-state index contributed by atoms with van der Waals surface area (Å²) in [4.78, 5) is 10.2. The number of benzene rings is 1. The van der Waals surface area contributed by atoms with Gasteiger partial charge in [0.1, 0.15) is 0 Å². The first-order valence-electron chi connectivity index (χ1n) is 9.36. The number of guanidine groups is 1. The van der Waals surface area contributed by atoms with Gasteiger partial charge in [-0.1, -0.05) is 30.3 Å². The van der Waals surface area contributed by atoms with Crippen molar-refractivity contribution in [1.82, 2.24) is 20.0 Å². The maximum atomic E-state index is 5.91. The molecule has 6 nitrogen and oxygen atoms in total. The lowest BCUT2D eigenvalue weighted by atomic mass is 10.1. The van der Waals surface area contributed by atoms with Crippen molar-refractivity contribution in [3.63, 3.8) is 0 Å². The molecule has 3 aromatic rings. The summed E-state index contributed by atoms with van der Waals surface area (Å²) in [7, 11) is 0. The van der Waals surface area contributed by atoms with Gasteiger partial charge in [-0.15, -0.1) is 35.3 Å². The highest BCUT2D eigenvalue weighted by Gasteiger charge is 2.05. The zero-order valence-corrected chi connectivity index (χ0v) is 19.4. The Labute approximate surface area is 187 Å². The SMILES string of the molecule is CCNC(=NCc1cn2ccsc2n1)NCCCOC(C)c1ccccc1.I. The number of imidazole rings is 1. The standard InChI is InChI=1S/C20H27N5OS.HI/c1-3-21-19(23-14-18-15-25-11-13-27-20(25)24-18)22-10-7-12-26-16(2)17-8-5-4-6-9-17;/h4-6,8-9,11,13,15-16H,3,7,10,12,14H2,1-2H3,(H2,21,22,23);1H. The van der Waals surface area contributed by atoms with E-state index in [4.69, 9.17) is 4.74 Å². The Morgan fingerprint density at radius 2 is 2.11 bits per heavy atom. The predicted molar refractivity (Wildman–Crippen MR) is 127 cm³/mol. The van der Waals surface area contributed by atoms with E-state index in [2.05, 4.69) is 46.6 Å². The number of hydrogen-bond acceptors (Lipinski definition) is 4. The van der Waals surface area contributed by atoms with E-state index >= 15 is 0 Å². The van der Waals surface area contributed by atoms with Crippen molar-refractivity contribution in [2.75, 3.05) is 19.7 Å². The van der Waals surface area contributed by atoms with Crippen LogP contribution in [0.5, 0.6) is 0 Å². The summed E-state index contributed by atoms with van der Waals surface area (Å²) in [6.45, 7) is 7.06. The second kappa shape index (κ2) is 12.0. The maximum absolute atomic E-state index is 5.91. The van der Waals surface area contributed by atoms with Crippen LogP contribution in [0.2, 0.25) is 0 Å². The number of hydrogen-bond donors (Lipinski definition) is 2. The average molecular weight is 513 g/mol. The first-order chi connectivity index (χ1) is 13.3. The fourth-order valence-corrected chi connectivity index (χ4v) is 3.43. The molecule has 3 rings (SSSR count).